The molecule has 0 amide bonds. The number of aliphatic hydroxyl groups is 1. The summed E-state index contributed by atoms with van der Waals surface area (Å²) >= 11 is 0. The van der Waals surface area contributed by atoms with Crippen molar-refractivity contribution in [2.24, 2.45) is 0 Å². The number of β-amino-alcohol motifs (C(OH)–C–C–N with tert-alkyl or cyclic N) is 1. The van der Waals surface area contributed by atoms with Gasteiger partial charge in [0.15, 0.2) is 5.76 Å². The number of hydrogen-bond donors (Lipinski definition) is 1. The van der Waals surface area contributed by atoms with E-state index in [0.717, 1.165) is 36.7 Å². The molecule has 2 saturated heterocycles. The number of nitrogens with zero attached hydrogens (tertiary/aromatic N) is 3. The van der Waals surface area contributed by atoms with Crippen LogP contribution in [0.3, 0.4) is 0 Å². The van der Waals surface area contributed by atoms with Crippen molar-refractivity contribution in [3.63, 3.8) is 0 Å². The van der Waals surface area contributed by atoms with Gasteiger partial charge in [0, 0.05) is 30.8 Å². The molecule has 23 heavy (non-hydrogen) atoms. The van der Waals surface area contributed by atoms with Gasteiger partial charge in [0.25, 0.3) is 0 Å². The molecule has 1 aromatic heterocycles. The van der Waals surface area contributed by atoms with Gasteiger partial charge in [-0.3, -0.25) is 9.80 Å². The summed E-state index contributed by atoms with van der Waals surface area (Å²) in [5, 5.41) is 14.5. The average molecular weight is 313 g/mol. The van der Waals surface area contributed by atoms with E-state index in [1.807, 2.05) is 36.4 Å². The third-order valence-corrected chi connectivity index (χ3v) is 4.95. The first-order chi connectivity index (χ1) is 11.3. The molecule has 4 rings (SSSR count). The fourth-order valence-corrected chi connectivity index (χ4v) is 3.76. The molecular formula is C18H23N3O2. The Morgan fingerprint density at radius 1 is 1.13 bits per heavy atom. The van der Waals surface area contributed by atoms with Gasteiger partial charge in [-0.05, 0) is 25.9 Å². The van der Waals surface area contributed by atoms with Gasteiger partial charge in [-0.2, -0.15) is 0 Å². The summed E-state index contributed by atoms with van der Waals surface area (Å²) in [6, 6.07) is 12.3. The molecule has 0 radical (unpaired) electrons. The number of aliphatic hydroxyl groups excluding tert-OH is 1. The van der Waals surface area contributed by atoms with E-state index in [0.29, 0.717) is 13.1 Å². The van der Waals surface area contributed by atoms with Gasteiger partial charge < -0.3 is 9.63 Å². The summed E-state index contributed by atoms with van der Waals surface area (Å²) in [6.45, 7) is 4.57. The molecule has 2 atom stereocenters. The molecular weight excluding hydrogens is 290 g/mol. The summed E-state index contributed by atoms with van der Waals surface area (Å²) in [7, 11) is 0. The molecule has 2 aliphatic rings. The van der Waals surface area contributed by atoms with Crippen molar-refractivity contribution in [1.82, 2.24) is 15.0 Å². The predicted molar refractivity (Wildman–Crippen MR) is 87.8 cm³/mol. The van der Waals surface area contributed by atoms with Gasteiger partial charge in [-0.25, -0.2) is 0 Å². The maximum absolute atomic E-state index is 10.4. The summed E-state index contributed by atoms with van der Waals surface area (Å²) in [6.07, 6.45) is 2.25. The Kier molecular flexibility index (Phi) is 4.16. The quantitative estimate of drug-likeness (QED) is 0.935. The van der Waals surface area contributed by atoms with E-state index in [4.69, 9.17) is 4.52 Å². The lowest BCUT2D eigenvalue weighted by molar-refractivity contribution is 0.0977. The van der Waals surface area contributed by atoms with Crippen LogP contribution >= 0.6 is 0 Å². The minimum Gasteiger partial charge on any atom is -0.390 e. The summed E-state index contributed by atoms with van der Waals surface area (Å²) in [4.78, 5) is 4.70. The standard InChI is InChI=1S/C18H23N3O2/c22-18-13-20(12-17(18)21-8-4-5-9-21)11-15-10-16(19-23-15)14-6-2-1-3-7-14/h1-3,6-7,10,17-18,22H,4-5,8-9,11-13H2/t17-,18-/m0/s1. The summed E-state index contributed by atoms with van der Waals surface area (Å²) in [5.74, 6) is 0.859. The van der Waals surface area contributed by atoms with Crippen LogP contribution in [-0.4, -0.2) is 58.4 Å². The zero-order chi connectivity index (χ0) is 15.6. The minimum absolute atomic E-state index is 0.260. The van der Waals surface area contributed by atoms with Gasteiger partial charge in [-0.15, -0.1) is 0 Å². The Bertz CT molecular complexity index is 637. The maximum Gasteiger partial charge on any atom is 0.151 e. The lowest BCUT2D eigenvalue weighted by atomic mass is 10.1. The lowest BCUT2D eigenvalue weighted by Crippen LogP contribution is -2.41. The highest BCUT2D eigenvalue weighted by molar-refractivity contribution is 5.58. The first-order valence-electron chi connectivity index (χ1n) is 8.45. The second kappa shape index (κ2) is 6.43. The van der Waals surface area contributed by atoms with Crippen molar-refractivity contribution in [1.29, 1.82) is 0 Å². The van der Waals surface area contributed by atoms with Crippen LogP contribution in [0.15, 0.2) is 40.9 Å². The molecule has 5 nitrogen and oxygen atoms in total. The number of hydrogen-bond acceptors (Lipinski definition) is 5. The van der Waals surface area contributed by atoms with Gasteiger partial charge >= 0.3 is 0 Å². The number of rotatable bonds is 4. The van der Waals surface area contributed by atoms with Gasteiger partial charge in [0.05, 0.1) is 12.6 Å². The molecule has 0 unspecified atom stereocenters. The Labute approximate surface area is 136 Å². The molecule has 0 bridgehead atoms. The van der Waals surface area contributed by atoms with Gasteiger partial charge in [-0.1, -0.05) is 35.5 Å². The van der Waals surface area contributed by atoms with E-state index in [1.54, 1.807) is 0 Å². The van der Waals surface area contributed by atoms with Crippen LogP contribution in [0, 0.1) is 0 Å². The highest BCUT2D eigenvalue weighted by Gasteiger charge is 2.36. The van der Waals surface area contributed by atoms with Crippen LogP contribution in [0.25, 0.3) is 11.3 Å². The summed E-state index contributed by atoms with van der Waals surface area (Å²) < 4.78 is 5.49. The van der Waals surface area contributed by atoms with Crippen molar-refractivity contribution in [2.75, 3.05) is 26.2 Å². The molecule has 3 heterocycles. The second-order valence-corrected chi connectivity index (χ2v) is 6.62. The van der Waals surface area contributed by atoms with E-state index in [1.165, 1.54) is 12.8 Å². The van der Waals surface area contributed by atoms with Crippen molar-refractivity contribution < 1.29 is 9.63 Å². The van der Waals surface area contributed by atoms with Crippen molar-refractivity contribution in [3.8, 4) is 11.3 Å². The third kappa shape index (κ3) is 3.17. The highest BCUT2D eigenvalue weighted by Crippen LogP contribution is 2.24. The van der Waals surface area contributed by atoms with Gasteiger partial charge in [0.2, 0.25) is 0 Å². The molecule has 2 aromatic rings. The van der Waals surface area contributed by atoms with E-state index >= 15 is 0 Å². The zero-order valence-corrected chi connectivity index (χ0v) is 13.3. The van der Waals surface area contributed by atoms with Crippen LogP contribution in [0.2, 0.25) is 0 Å². The van der Waals surface area contributed by atoms with Crippen LogP contribution in [0.1, 0.15) is 18.6 Å². The first kappa shape index (κ1) is 14.9. The molecule has 2 aliphatic heterocycles. The molecule has 5 heteroatoms. The molecule has 1 N–H and O–H groups in total. The Morgan fingerprint density at radius 2 is 1.91 bits per heavy atom. The predicted octanol–water partition coefficient (Wildman–Crippen LogP) is 1.98. The highest BCUT2D eigenvalue weighted by atomic mass is 16.5. The molecule has 122 valence electrons. The Morgan fingerprint density at radius 3 is 2.70 bits per heavy atom. The van der Waals surface area contributed by atoms with Gasteiger partial charge in [0.1, 0.15) is 5.69 Å². The zero-order valence-electron chi connectivity index (χ0n) is 13.3. The normalized spacial score (nSPS) is 26.1. The van der Waals surface area contributed by atoms with Crippen LogP contribution in [0.4, 0.5) is 0 Å². The first-order valence-corrected chi connectivity index (χ1v) is 8.45. The lowest BCUT2D eigenvalue weighted by Gasteiger charge is -2.25. The number of likely N-dealkylation sites (tertiary alicyclic amines) is 2. The fraction of sp³-hybridized carbons (Fsp3) is 0.500. The Balaban J connectivity index is 1.40. The maximum atomic E-state index is 10.4. The SMILES string of the molecule is O[C@H]1CN(Cc2cc(-c3ccccc3)no2)C[C@@H]1N1CCCC1. The molecule has 2 fully saturated rings. The number of benzene rings is 1. The largest absolute Gasteiger partial charge is 0.390 e. The minimum atomic E-state index is -0.260. The van der Waals surface area contributed by atoms with E-state index in [-0.39, 0.29) is 12.1 Å². The monoisotopic (exact) mass is 313 g/mol. The van der Waals surface area contributed by atoms with E-state index in [9.17, 15) is 5.11 Å². The molecule has 0 aliphatic carbocycles. The average Bonchev–Trinajstić information content (AvgIpc) is 3.30. The molecule has 1 aromatic carbocycles. The van der Waals surface area contributed by atoms with Crippen LogP contribution in [0.5, 0.6) is 0 Å². The van der Waals surface area contributed by atoms with Crippen molar-refractivity contribution >= 4 is 0 Å². The smallest absolute Gasteiger partial charge is 0.151 e. The van der Waals surface area contributed by atoms with E-state index in [2.05, 4.69) is 15.0 Å². The van der Waals surface area contributed by atoms with Crippen LogP contribution < -0.4 is 0 Å². The number of aromatic nitrogens is 1. The van der Waals surface area contributed by atoms with Crippen LogP contribution in [-0.2, 0) is 6.54 Å². The summed E-state index contributed by atoms with van der Waals surface area (Å²) in [5.41, 5.74) is 1.94. The fourth-order valence-electron chi connectivity index (χ4n) is 3.76. The topological polar surface area (TPSA) is 52.7 Å². The van der Waals surface area contributed by atoms with Crippen molar-refractivity contribution in [2.45, 2.75) is 31.5 Å². The third-order valence-electron chi connectivity index (χ3n) is 4.95. The van der Waals surface area contributed by atoms with E-state index < -0.39 is 0 Å². The molecule has 0 spiro atoms. The Hall–Kier alpha value is -1.69. The molecule has 0 saturated carbocycles. The second-order valence-electron chi connectivity index (χ2n) is 6.62. The van der Waals surface area contributed by atoms with Crippen molar-refractivity contribution in [3.05, 3.63) is 42.2 Å².